The minimum atomic E-state index is -0.300. The molecule has 2 aromatic carbocycles. The van der Waals surface area contributed by atoms with Gasteiger partial charge in [-0.25, -0.2) is 0 Å². The third-order valence-electron chi connectivity index (χ3n) is 4.52. The summed E-state index contributed by atoms with van der Waals surface area (Å²) < 4.78 is 6.26. The van der Waals surface area contributed by atoms with Crippen molar-refractivity contribution in [3.63, 3.8) is 0 Å². The fourth-order valence-corrected chi connectivity index (χ4v) is 3.34. The first-order valence-electron chi connectivity index (χ1n) is 9.22. The van der Waals surface area contributed by atoms with Crippen molar-refractivity contribution in [1.82, 2.24) is 15.5 Å². The maximum atomic E-state index is 12.3. The smallest absolute Gasteiger partial charge is 0.269 e. The number of oxime groups is 1. The van der Waals surface area contributed by atoms with E-state index in [1.807, 2.05) is 55.5 Å². The Morgan fingerprint density at radius 2 is 2.07 bits per heavy atom. The predicted octanol–water partition coefficient (Wildman–Crippen LogP) is 3.81. The molecule has 148 valence electrons. The van der Waals surface area contributed by atoms with Crippen molar-refractivity contribution in [3.8, 4) is 11.4 Å². The molecule has 1 aromatic heterocycles. The lowest BCUT2D eigenvalue weighted by Gasteiger charge is -2.05. The summed E-state index contributed by atoms with van der Waals surface area (Å²) in [6.45, 7) is 2.47. The normalized spacial score (nSPS) is 15.7. The van der Waals surface area contributed by atoms with Crippen LogP contribution in [0.3, 0.4) is 0 Å². The molecule has 0 bridgehead atoms. The average molecular weight is 455 g/mol. The quantitative estimate of drug-likeness (QED) is 0.611. The molecule has 0 aliphatic carbocycles. The van der Waals surface area contributed by atoms with Gasteiger partial charge in [0.05, 0.1) is 6.42 Å². The molecule has 29 heavy (non-hydrogen) atoms. The van der Waals surface area contributed by atoms with E-state index in [4.69, 9.17) is 9.36 Å². The van der Waals surface area contributed by atoms with Gasteiger partial charge in [-0.2, -0.15) is 4.98 Å². The molecular formula is C21H19BrN4O3. The number of benzene rings is 2. The molecule has 1 aliphatic heterocycles. The number of carbonyl (C=O) groups excluding carboxylic acids is 1. The number of carbonyl (C=O) groups is 1. The minimum Gasteiger partial charge on any atom is -0.391 e. The van der Waals surface area contributed by atoms with E-state index in [0.29, 0.717) is 36.8 Å². The molecule has 1 amide bonds. The number of halogens is 1. The molecule has 4 rings (SSSR count). The van der Waals surface area contributed by atoms with Crippen molar-refractivity contribution in [1.29, 1.82) is 0 Å². The van der Waals surface area contributed by atoms with E-state index in [1.54, 1.807) is 0 Å². The average Bonchev–Trinajstić information content (AvgIpc) is 3.38. The number of amides is 1. The van der Waals surface area contributed by atoms with Crippen LogP contribution in [0, 0.1) is 6.92 Å². The highest BCUT2D eigenvalue weighted by molar-refractivity contribution is 9.10. The van der Waals surface area contributed by atoms with Crippen LogP contribution in [0.15, 0.2) is 62.7 Å². The summed E-state index contributed by atoms with van der Waals surface area (Å²) >= 11 is 3.43. The van der Waals surface area contributed by atoms with E-state index in [0.717, 1.165) is 15.6 Å². The standard InChI is InChI=1S/C21H19BrN4O3/c1-13-5-7-14(8-6-13)12-23-21(27)18-10-17(28-25-18)11-19-24-20(26-29-19)15-3-2-4-16(22)9-15/h2-9,17H,10-12H2,1H3,(H,23,27). The lowest BCUT2D eigenvalue weighted by atomic mass is 10.1. The first-order chi connectivity index (χ1) is 14.1. The fraction of sp³-hybridized carbons (Fsp3) is 0.238. The Hall–Kier alpha value is -3.00. The third-order valence-corrected chi connectivity index (χ3v) is 5.02. The van der Waals surface area contributed by atoms with Gasteiger partial charge in [0.25, 0.3) is 5.91 Å². The monoisotopic (exact) mass is 454 g/mol. The second-order valence-corrected chi connectivity index (χ2v) is 7.78. The van der Waals surface area contributed by atoms with E-state index in [1.165, 1.54) is 5.56 Å². The van der Waals surface area contributed by atoms with Gasteiger partial charge in [0.2, 0.25) is 11.7 Å². The molecule has 1 aliphatic rings. The van der Waals surface area contributed by atoms with Crippen LogP contribution >= 0.6 is 15.9 Å². The second-order valence-electron chi connectivity index (χ2n) is 6.86. The highest BCUT2D eigenvalue weighted by Gasteiger charge is 2.28. The largest absolute Gasteiger partial charge is 0.391 e. The third kappa shape index (κ3) is 4.89. The van der Waals surface area contributed by atoms with Gasteiger partial charge in [-0.1, -0.05) is 68.2 Å². The highest BCUT2D eigenvalue weighted by Crippen LogP contribution is 2.22. The van der Waals surface area contributed by atoms with Crippen LogP contribution in [-0.4, -0.2) is 27.9 Å². The molecule has 0 saturated carbocycles. The van der Waals surface area contributed by atoms with Gasteiger partial charge in [-0.15, -0.1) is 0 Å². The van der Waals surface area contributed by atoms with Crippen LogP contribution in [0.5, 0.6) is 0 Å². The zero-order valence-corrected chi connectivity index (χ0v) is 17.3. The van der Waals surface area contributed by atoms with Crippen LogP contribution in [0.4, 0.5) is 0 Å². The molecule has 0 spiro atoms. The molecule has 1 unspecified atom stereocenters. The second kappa shape index (κ2) is 8.57. The number of nitrogens with zero attached hydrogens (tertiary/aromatic N) is 3. The fourth-order valence-electron chi connectivity index (χ4n) is 2.94. The Labute approximate surface area is 176 Å². The number of hydrogen-bond donors (Lipinski definition) is 1. The van der Waals surface area contributed by atoms with E-state index in [2.05, 4.69) is 36.5 Å². The first kappa shape index (κ1) is 19.3. The molecule has 0 radical (unpaired) electrons. The van der Waals surface area contributed by atoms with Crippen molar-refractivity contribution in [2.24, 2.45) is 5.16 Å². The summed E-state index contributed by atoms with van der Waals surface area (Å²) in [4.78, 5) is 22.1. The number of hydrogen-bond acceptors (Lipinski definition) is 6. The van der Waals surface area contributed by atoms with Gasteiger partial charge in [-0.3, -0.25) is 4.79 Å². The summed E-state index contributed by atoms with van der Waals surface area (Å²) in [5.41, 5.74) is 3.44. The van der Waals surface area contributed by atoms with Gasteiger partial charge >= 0.3 is 0 Å². The Morgan fingerprint density at radius 3 is 2.86 bits per heavy atom. The zero-order valence-electron chi connectivity index (χ0n) is 15.8. The summed E-state index contributed by atoms with van der Waals surface area (Å²) in [6.07, 6.45) is 0.485. The Bertz CT molecular complexity index is 1050. The van der Waals surface area contributed by atoms with Gasteiger partial charge in [0.1, 0.15) is 11.8 Å². The van der Waals surface area contributed by atoms with Crippen LogP contribution in [0.25, 0.3) is 11.4 Å². The molecule has 1 atom stereocenters. The van der Waals surface area contributed by atoms with E-state index in [-0.39, 0.29) is 12.0 Å². The number of rotatable bonds is 6. The first-order valence-corrected chi connectivity index (χ1v) is 10.0. The Morgan fingerprint density at radius 1 is 1.24 bits per heavy atom. The summed E-state index contributed by atoms with van der Waals surface area (Å²) in [5.74, 6) is 0.728. The molecule has 0 fully saturated rings. The minimum absolute atomic E-state index is 0.228. The van der Waals surface area contributed by atoms with E-state index in [9.17, 15) is 4.79 Å². The SMILES string of the molecule is Cc1ccc(CNC(=O)C2=NOC(Cc3nc(-c4cccc(Br)c4)no3)C2)cc1. The molecule has 1 N–H and O–H groups in total. The molecule has 7 nitrogen and oxygen atoms in total. The van der Waals surface area contributed by atoms with Crippen molar-refractivity contribution in [3.05, 3.63) is 70.0 Å². The maximum absolute atomic E-state index is 12.3. The van der Waals surface area contributed by atoms with Crippen molar-refractivity contribution >= 4 is 27.5 Å². The number of aryl methyl sites for hydroxylation is 1. The molecule has 8 heteroatoms. The molecule has 0 saturated heterocycles. The lowest BCUT2D eigenvalue weighted by Crippen LogP contribution is -2.30. The predicted molar refractivity (Wildman–Crippen MR) is 111 cm³/mol. The Kier molecular flexibility index (Phi) is 5.71. The lowest BCUT2D eigenvalue weighted by molar-refractivity contribution is -0.115. The van der Waals surface area contributed by atoms with Crippen LogP contribution in [0.1, 0.15) is 23.4 Å². The number of nitrogens with one attached hydrogen (secondary N) is 1. The van der Waals surface area contributed by atoms with Gasteiger partial charge in [0, 0.05) is 23.0 Å². The van der Waals surface area contributed by atoms with Crippen molar-refractivity contribution in [2.75, 3.05) is 0 Å². The van der Waals surface area contributed by atoms with Gasteiger partial charge in [0.15, 0.2) is 0 Å². The number of aromatic nitrogens is 2. The summed E-state index contributed by atoms with van der Waals surface area (Å²) in [5, 5.41) is 10.8. The topological polar surface area (TPSA) is 89.6 Å². The van der Waals surface area contributed by atoms with E-state index >= 15 is 0 Å². The van der Waals surface area contributed by atoms with Gasteiger partial charge in [-0.05, 0) is 24.6 Å². The van der Waals surface area contributed by atoms with Crippen LogP contribution in [0.2, 0.25) is 0 Å². The molecular weight excluding hydrogens is 436 g/mol. The van der Waals surface area contributed by atoms with Crippen molar-refractivity contribution < 1.29 is 14.2 Å². The Balaban J connectivity index is 1.29. The van der Waals surface area contributed by atoms with Gasteiger partial charge < -0.3 is 14.7 Å². The summed E-state index contributed by atoms with van der Waals surface area (Å²) in [6, 6.07) is 15.7. The van der Waals surface area contributed by atoms with Crippen molar-refractivity contribution in [2.45, 2.75) is 32.4 Å². The van der Waals surface area contributed by atoms with E-state index < -0.39 is 0 Å². The maximum Gasteiger partial charge on any atom is 0.269 e. The molecule has 2 heterocycles. The highest BCUT2D eigenvalue weighted by atomic mass is 79.9. The summed E-state index contributed by atoms with van der Waals surface area (Å²) in [7, 11) is 0. The molecule has 3 aromatic rings. The van der Waals surface area contributed by atoms with Crippen LogP contribution < -0.4 is 5.32 Å². The van der Waals surface area contributed by atoms with Crippen LogP contribution in [-0.2, 0) is 22.6 Å². The zero-order chi connectivity index (χ0) is 20.2.